The van der Waals surface area contributed by atoms with E-state index in [2.05, 4.69) is 30.9 Å². The van der Waals surface area contributed by atoms with Crippen LogP contribution in [0.1, 0.15) is 6.92 Å². The van der Waals surface area contributed by atoms with E-state index in [1.54, 1.807) is 39.7 Å². The highest BCUT2D eigenvalue weighted by Gasteiger charge is 2.14. The van der Waals surface area contributed by atoms with E-state index in [4.69, 9.17) is 26.4 Å². The van der Waals surface area contributed by atoms with Crippen LogP contribution < -0.4 is 30.2 Å². The summed E-state index contributed by atoms with van der Waals surface area (Å²) in [5.74, 6) is 2.70. The van der Waals surface area contributed by atoms with Gasteiger partial charge in [-0.05, 0) is 31.3 Å². The van der Waals surface area contributed by atoms with E-state index < -0.39 is 0 Å². The molecule has 9 nitrogen and oxygen atoms in total. The average Bonchev–Trinajstić information content (AvgIpc) is 2.72. The minimum atomic E-state index is 0.478. The molecule has 3 rings (SSSR count). The van der Waals surface area contributed by atoms with Crippen molar-refractivity contribution >= 4 is 45.8 Å². The first-order valence-corrected chi connectivity index (χ1v) is 9.24. The predicted octanol–water partition coefficient (Wildman–Crippen LogP) is 3.10. The minimum absolute atomic E-state index is 0.478. The number of fused-ring (bicyclic) bond motifs is 1. The van der Waals surface area contributed by atoms with Crippen molar-refractivity contribution in [3.05, 3.63) is 30.5 Å². The third kappa shape index (κ3) is 4.72. The Bertz CT molecular complexity index is 1000. The summed E-state index contributed by atoms with van der Waals surface area (Å²) < 4.78 is 16.1. The summed E-state index contributed by atoms with van der Waals surface area (Å²) in [6, 6.07) is 7.25. The molecule has 0 radical (unpaired) electrons. The second-order valence-electron chi connectivity index (χ2n) is 5.82. The third-order valence-electron chi connectivity index (χ3n) is 3.92. The Balaban J connectivity index is 1.89. The third-order valence-corrected chi connectivity index (χ3v) is 4.17. The first-order chi connectivity index (χ1) is 14.1. The zero-order valence-electron chi connectivity index (χ0n) is 16.6. The number of anilines is 3. The number of nitrogens with one attached hydrogen (secondary N) is 3. The largest absolute Gasteiger partial charge is 0.493 e. The van der Waals surface area contributed by atoms with Gasteiger partial charge in [0.2, 0.25) is 5.75 Å². The van der Waals surface area contributed by atoms with Crippen LogP contribution in [0.5, 0.6) is 17.2 Å². The maximum absolute atomic E-state index is 5.39. The smallest absolute Gasteiger partial charge is 0.203 e. The highest BCUT2D eigenvalue weighted by Crippen LogP contribution is 2.40. The van der Waals surface area contributed by atoms with E-state index in [0.717, 1.165) is 5.69 Å². The number of nitrogens with zero attached hydrogens (tertiary/aromatic N) is 3. The van der Waals surface area contributed by atoms with E-state index in [0.29, 0.717) is 51.7 Å². The van der Waals surface area contributed by atoms with Gasteiger partial charge in [0, 0.05) is 24.4 Å². The first-order valence-electron chi connectivity index (χ1n) is 8.83. The number of hydrogen-bond donors (Lipinski definition) is 3. The second kappa shape index (κ2) is 9.20. The summed E-state index contributed by atoms with van der Waals surface area (Å²) in [6.45, 7) is 2.68. The summed E-state index contributed by atoms with van der Waals surface area (Å²) >= 11 is 5.18. The van der Waals surface area contributed by atoms with Gasteiger partial charge in [0.1, 0.15) is 11.3 Å². The Hall–Kier alpha value is -3.40. The summed E-state index contributed by atoms with van der Waals surface area (Å²) in [5, 5.41) is 9.69. The number of benzene rings is 1. The van der Waals surface area contributed by atoms with Gasteiger partial charge in [-0.25, -0.2) is 15.0 Å². The van der Waals surface area contributed by atoms with Gasteiger partial charge in [0.15, 0.2) is 28.1 Å². The van der Waals surface area contributed by atoms with Crippen molar-refractivity contribution in [3.8, 4) is 17.2 Å². The second-order valence-corrected chi connectivity index (χ2v) is 6.23. The van der Waals surface area contributed by atoms with Gasteiger partial charge in [0.25, 0.3) is 0 Å². The topological polar surface area (TPSA) is 102 Å². The zero-order valence-corrected chi connectivity index (χ0v) is 17.4. The van der Waals surface area contributed by atoms with Gasteiger partial charge < -0.3 is 30.2 Å². The van der Waals surface area contributed by atoms with Crippen LogP contribution >= 0.6 is 12.2 Å². The molecule has 29 heavy (non-hydrogen) atoms. The fourth-order valence-corrected chi connectivity index (χ4v) is 2.90. The minimum Gasteiger partial charge on any atom is -0.493 e. The van der Waals surface area contributed by atoms with E-state index >= 15 is 0 Å². The van der Waals surface area contributed by atoms with Gasteiger partial charge in [-0.2, -0.15) is 0 Å². The van der Waals surface area contributed by atoms with Crippen molar-refractivity contribution in [1.29, 1.82) is 0 Å². The van der Waals surface area contributed by atoms with E-state index in [9.17, 15) is 0 Å². The molecule has 0 aliphatic carbocycles. The Labute approximate surface area is 173 Å². The molecule has 0 aliphatic rings. The van der Waals surface area contributed by atoms with Crippen molar-refractivity contribution < 1.29 is 14.2 Å². The van der Waals surface area contributed by atoms with Gasteiger partial charge in [-0.1, -0.05) is 0 Å². The summed E-state index contributed by atoms with van der Waals surface area (Å²) in [6.07, 6.45) is 1.61. The van der Waals surface area contributed by atoms with Crippen molar-refractivity contribution in [2.75, 3.05) is 38.5 Å². The molecular weight excluding hydrogens is 392 g/mol. The Morgan fingerprint density at radius 2 is 1.69 bits per heavy atom. The van der Waals surface area contributed by atoms with Crippen LogP contribution in [0.3, 0.4) is 0 Å². The van der Waals surface area contributed by atoms with Crippen molar-refractivity contribution in [2.24, 2.45) is 0 Å². The van der Waals surface area contributed by atoms with Gasteiger partial charge in [-0.15, -0.1) is 0 Å². The molecule has 3 aromatic rings. The monoisotopic (exact) mass is 414 g/mol. The molecule has 1 aromatic carbocycles. The fourth-order valence-electron chi connectivity index (χ4n) is 2.65. The lowest BCUT2D eigenvalue weighted by molar-refractivity contribution is 0.324. The molecule has 0 amide bonds. The number of aromatic nitrogens is 3. The summed E-state index contributed by atoms with van der Waals surface area (Å²) in [7, 11) is 4.69. The van der Waals surface area contributed by atoms with E-state index in [1.807, 2.05) is 19.1 Å². The van der Waals surface area contributed by atoms with Crippen molar-refractivity contribution in [3.63, 3.8) is 0 Å². The van der Waals surface area contributed by atoms with Crippen LogP contribution in [-0.2, 0) is 0 Å². The number of methoxy groups -OCH3 is 3. The molecule has 0 bridgehead atoms. The van der Waals surface area contributed by atoms with Crippen LogP contribution in [0.25, 0.3) is 11.2 Å². The highest BCUT2D eigenvalue weighted by atomic mass is 32.1. The molecule has 3 N–H and O–H groups in total. The molecule has 152 valence electrons. The molecule has 0 saturated carbocycles. The summed E-state index contributed by atoms with van der Waals surface area (Å²) in [5.41, 5.74) is 1.87. The van der Waals surface area contributed by atoms with Crippen LogP contribution in [-0.4, -0.2) is 47.9 Å². The number of ether oxygens (including phenoxy) is 3. The Morgan fingerprint density at radius 1 is 1.00 bits per heavy atom. The standard InChI is InChI=1S/C19H22N6O3S/c1-5-20-19(29)25-16-10-21-12-6-7-15(23-18(12)24-16)22-11-8-13(26-2)17(28-4)14(9-11)27-3/h6-10H,5H2,1-4H3,(H3,20,22,23,24,25,29). The SMILES string of the molecule is CCNC(=S)Nc1cnc2ccc(Nc3cc(OC)c(OC)c(OC)c3)nc2n1. The van der Waals surface area contributed by atoms with Crippen LogP contribution in [0, 0.1) is 0 Å². The molecule has 0 aliphatic heterocycles. The van der Waals surface area contributed by atoms with E-state index in [-0.39, 0.29) is 0 Å². The normalized spacial score (nSPS) is 10.3. The maximum atomic E-state index is 5.39. The lowest BCUT2D eigenvalue weighted by Gasteiger charge is -2.15. The molecular formula is C19H22N6O3S. The zero-order chi connectivity index (χ0) is 20.8. The molecule has 0 saturated heterocycles. The number of rotatable bonds is 7. The van der Waals surface area contributed by atoms with Gasteiger partial charge in [0.05, 0.1) is 27.5 Å². The average molecular weight is 414 g/mol. The Morgan fingerprint density at radius 3 is 2.31 bits per heavy atom. The molecule has 0 fully saturated rings. The van der Waals surface area contributed by atoms with Crippen LogP contribution in [0.4, 0.5) is 17.3 Å². The molecule has 0 spiro atoms. The van der Waals surface area contributed by atoms with Crippen molar-refractivity contribution in [2.45, 2.75) is 6.92 Å². The van der Waals surface area contributed by atoms with Crippen molar-refractivity contribution in [1.82, 2.24) is 20.3 Å². The van der Waals surface area contributed by atoms with Crippen LogP contribution in [0.2, 0.25) is 0 Å². The van der Waals surface area contributed by atoms with E-state index in [1.165, 1.54) is 0 Å². The molecule has 2 heterocycles. The maximum Gasteiger partial charge on any atom is 0.203 e. The van der Waals surface area contributed by atoms with Gasteiger partial charge in [-0.3, -0.25) is 0 Å². The number of pyridine rings is 1. The molecule has 10 heteroatoms. The van der Waals surface area contributed by atoms with Crippen LogP contribution in [0.15, 0.2) is 30.5 Å². The molecule has 0 atom stereocenters. The lowest BCUT2D eigenvalue weighted by Crippen LogP contribution is -2.28. The lowest BCUT2D eigenvalue weighted by atomic mass is 10.2. The number of thiocarbonyl (C=S) groups is 1. The first kappa shape index (κ1) is 20.3. The quantitative estimate of drug-likeness (QED) is 0.500. The summed E-state index contributed by atoms with van der Waals surface area (Å²) in [4.78, 5) is 13.4. The number of hydrogen-bond acceptors (Lipinski definition) is 8. The predicted molar refractivity (Wildman–Crippen MR) is 117 cm³/mol. The fraction of sp³-hybridized carbons (Fsp3) is 0.263. The molecule has 2 aromatic heterocycles. The Kier molecular flexibility index (Phi) is 6.45. The molecule has 0 unspecified atom stereocenters. The highest BCUT2D eigenvalue weighted by molar-refractivity contribution is 7.80. The van der Waals surface area contributed by atoms with Gasteiger partial charge >= 0.3 is 0 Å².